The van der Waals surface area contributed by atoms with Crippen molar-refractivity contribution in [3.05, 3.63) is 82.4 Å². The first kappa shape index (κ1) is 23.0. The van der Waals surface area contributed by atoms with E-state index in [4.69, 9.17) is 0 Å². The normalized spacial score (nSPS) is 11.1. The summed E-state index contributed by atoms with van der Waals surface area (Å²) in [5.41, 5.74) is 0. The standard InChI is InChI=1S/C7H5F2O.2C6HF4.Al/c1-10-7-3-2-5(8)4-6(7)9;2*7-3-1-4(8)6(10)5(9)2-3;/h3-4H,1H3;2*1H;. The van der Waals surface area contributed by atoms with Gasteiger partial charge >= 0.3 is 14.1 Å². The molecule has 0 aromatic heterocycles. The molecule has 0 atom stereocenters. The van der Waals surface area contributed by atoms with E-state index in [0.29, 0.717) is 6.07 Å². The van der Waals surface area contributed by atoms with Crippen LogP contribution in [-0.4, -0.2) is 21.3 Å². The van der Waals surface area contributed by atoms with Gasteiger partial charge in [0.2, 0.25) is 0 Å². The van der Waals surface area contributed by atoms with E-state index in [2.05, 4.69) is 4.74 Å². The lowest BCUT2D eigenvalue weighted by Crippen LogP contribution is -2.58. The maximum absolute atomic E-state index is 14.6. The third-order valence-electron chi connectivity index (χ3n) is 4.46. The quantitative estimate of drug-likeness (QED) is 0.246. The van der Waals surface area contributed by atoms with Gasteiger partial charge in [-0.05, 0) is 14.9 Å². The summed E-state index contributed by atoms with van der Waals surface area (Å²) in [6, 6.07) is 0.311. The molecule has 0 fully saturated rings. The van der Waals surface area contributed by atoms with Gasteiger partial charge < -0.3 is 4.74 Å². The Kier molecular flexibility index (Phi) is 6.25. The Morgan fingerprint density at radius 2 is 0.935 bits per heavy atom. The van der Waals surface area contributed by atoms with Crippen LogP contribution in [0, 0.1) is 58.2 Å². The molecule has 0 N–H and O–H groups in total. The molecule has 0 unspecified atom stereocenters. The van der Waals surface area contributed by atoms with Crippen molar-refractivity contribution in [2.75, 3.05) is 7.11 Å². The smallest absolute Gasteiger partial charge is 0.407 e. The van der Waals surface area contributed by atoms with Crippen LogP contribution in [0.5, 0.6) is 5.75 Å². The van der Waals surface area contributed by atoms with E-state index >= 15 is 0 Å². The van der Waals surface area contributed by atoms with E-state index in [1.165, 1.54) is 0 Å². The highest BCUT2D eigenvalue weighted by Gasteiger charge is 2.41. The fourth-order valence-electron chi connectivity index (χ4n) is 3.07. The molecule has 0 bridgehead atoms. The maximum Gasteiger partial charge on any atom is 0.407 e. The van der Waals surface area contributed by atoms with Crippen molar-refractivity contribution >= 4 is 27.4 Å². The molecule has 3 aromatic carbocycles. The molecule has 0 radical (unpaired) electrons. The molecule has 31 heavy (non-hydrogen) atoms. The number of rotatable bonds is 4. The molecule has 0 aliphatic rings. The molecule has 0 saturated heterocycles. The predicted octanol–water partition coefficient (Wildman–Crippen LogP) is 3.60. The summed E-state index contributed by atoms with van der Waals surface area (Å²) in [7, 11) is 0.911. The molecule has 1 nitrogen and oxygen atoms in total. The lowest BCUT2D eigenvalue weighted by molar-refractivity contribution is 0.385. The van der Waals surface area contributed by atoms with Crippen LogP contribution in [0.1, 0.15) is 0 Å². The molecule has 0 aliphatic carbocycles. The summed E-state index contributed by atoms with van der Waals surface area (Å²) in [5, 5.41) is 0. The zero-order valence-corrected chi connectivity index (χ0v) is 16.2. The zero-order chi connectivity index (χ0) is 23.2. The molecule has 3 rings (SSSR count). The number of hydrogen-bond donors (Lipinski definition) is 0. The largest absolute Gasteiger partial charge is 0.494 e. The predicted molar refractivity (Wildman–Crippen MR) is 90.1 cm³/mol. The number of ether oxygens (including phenoxy) is 1. The van der Waals surface area contributed by atoms with Crippen molar-refractivity contribution in [2.45, 2.75) is 0 Å². The minimum Gasteiger partial charge on any atom is -0.494 e. The van der Waals surface area contributed by atoms with Gasteiger partial charge in [-0.1, -0.05) is 4.43 Å². The van der Waals surface area contributed by atoms with Gasteiger partial charge in [-0.25, -0.2) is 43.9 Å². The highest BCUT2D eigenvalue weighted by molar-refractivity contribution is 6.95. The molecule has 0 heterocycles. The SMILES string of the molecule is COc1c[c]([Al]([c]2c(F)cc(F)c(F)c2F)[c]2c(F)cc(F)c(F)c2F)c(F)cc1F. The number of halogens is 10. The highest BCUT2D eigenvalue weighted by atomic mass is 27.2. The van der Waals surface area contributed by atoms with Crippen LogP contribution in [0.4, 0.5) is 43.9 Å². The Hall–Kier alpha value is -2.71. The van der Waals surface area contributed by atoms with Crippen LogP contribution in [0.25, 0.3) is 0 Å². The summed E-state index contributed by atoms with van der Waals surface area (Å²) in [4.78, 5) is 0. The lowest BCUT2D eigenvalue weighted by Gasteiger charge is -2.19. The van der Waals surface area contributed by atoms with Crippen molar-refractivity contribution in [3.8, 4) is 5.75 Å². The maximum atomic E-state index is 14.6. The van der Waals surface area contributed by atoms with Crippen molar-refractivity contribution in [1.29, 1.82) is 0 Å². The van der Waals surface area contributed by atoms with Crippen LogP contribution in [0.2, 0.25) is 0 Å². The van der Waals surface area contributed by atoms with Gasteiger partial charge in [0, 0.05) is 18.2 Å². The first-order valence-corrected chi connectivity index (χ1v) is 9.91. The minimum absolute atomic E-state index is 0.152. The van der Waals surface area contributed by atoms with Crippen LogP contribution >= 0.6 is 0 Å². The van der Waals surface area contributed by atoms with E-state index in [1.807, 2.05) is 0 Å². The second kappa shape index (κ2) is 8.44. The second-order valence-corrected chi connectivity index (χ2v) is 8.85. The number of hydrogen-bond acceptors (Lipinski definition) is 1. The third kappa shape index (κ3) is 3.86. The van der Waals surface area contributed by atoms with E-state index < -0.39 is 91.3 Å². The van der Waals surface area contributed by atoms with E-state index in [9.17, 15) is 43.9 Å². The molecule has 0 amide bonds. The van der Waals surface area contributed by atoms with Crippen molar-refractivity contribution in [2.24, 2.45) is 0 Å². The number of methoxy groups -OCH3 is 1. The van der Waals surface area contributed by atoms with E-state index in [1.54, 1.807) is 0 Å². The lowest BCUT2D eigenvalue weighted by atomic mass is 10.3. The molecule has 12 heteroatoms. The average molecular weight is 468 g/mol. The Morgan fingerprint density at radius 1 is 0.516 bits per heavy atom. The van der Waals surface area contributed by atoms with Crippen molar-refractivity contribution < 1.29 is 48.6 Å². The van der Waals surface area contributed by atoms with Crippen LogP contribution < -0.4 is 18.0 Å². The molecular weight excluding hydrogens is 461 g/mol. The van der Waals surface area contributed by atoms with E-state index in [-0.39, 0.29) is 18.2 Å². The number of benzene rings is 3. The summed E-state index contributed by atoms with van der Waals surface area (Å²) in [5.74, 6) is -20.4. The molecule has 0 aliphatic heterocycles. The van der Waals surface area contributed by atoms with Gasteiger partial charge in [-0.2, -0.15) is 0 Å². The second-order valence-electron chi connectivity index (χ2n) is 6.20. The van der Waals surface area contributed by atoms with Crippen LogP contribution in [0.15, 0.2) is 24.3 Å². The van der Waals surface area contributed by atoms with Gasteiger partial charge in [0.15, 0.2) is 46.5 Å². The molecule has 0 spiro atoms. The first-order valence-electron chi connectivity index (χ1n) is 8.18. The highest BCUT2D eigenvalue weighted by Crippen LogP contribution is 2.20. The Bertz CT molecular complexity index is 1130. The first-order chi connectivity index (χ1) is 14.5. The Labute approximate surface area is 171 Å². The van der Waals surface area contributed by atoms with E-state index in [0.717, 1.165) is 7.11 Å². The zero-order valence-electron chi connectivity index (χ0n) is 15.1. The minimum atomic E-state index is -4.60. The fraction of sp³-hybridized carbons (Fsp3) is 0.0526. The van der Waals surface area contributed by atoms with Crippen molar-refractivity contribution in [3.63, 3.8) is 0 Å². The van der Waals surface area contributed by atoms with Crippen LogP contribution in [-0.2, 0) is 0 Å². The van der Waals surface area contributed by atoms with Crippen LogP contribution in [0.3, 0.4) is 0 Å². The molecule has 0 saturated carbocycles. The third-order valence-corrected chi connectivity index (χ3v) is 7.74. The molecule has 162 valence electrons. The van der Waals surface area contributed by atoms with Gasteiger partial charge in [0.05, 0.1) is 7.11 Å². The summed E-state index contributed by atoms with van der Waals surface area (Å²) < 4.78 is 141. The van der Waals surface area contributed by atoms with Crippen molar-refractivity contribution in [1.82, 2.24) is 0 Å². The summed E-state index contributed by atoms with van der Waals surface area (Å²) >= 11 is -4.60. The fourth-order valence-corrected chi connectivity index (χ4v) is 6.13. The topological polar surface area (TPSA) is 9.23 Å². The summed E-state index contributed by atoms with van der Waals surface area (Å²) in [6.45, 7) is 0. The van der Waals surface area contributed by atoms with Gasteiger partial charge in [0.1, 0.15) is 17.5 Å². The monoisotopic (exact) mass is 468 g/mol. The Balaban J connectivity index is 2.50. The van der Waals surface area contributed by atoms with Gasteiger partial charge in [-0.3, -0.25) is 0 Å². The molecular formula is C19H7AlF10O. The average Bonchev–Trinajstić information content (AvgIpc) is 2.70. The Morgan fingerprint density at radius 3 is 1.35 bits per heavy atom. The molecule has 3 aromatic rings. The summed E-state index contributed by atoms with van der Waals surface area (Å²) in [6.07, 6.45) is 0. The van der Waals surface area contributed by atoms with Gasteiger partial charge in [-0.15, -0.1) is 0 Å². The van der Waals surface area contributed by atoms with Gasteiger partial charge in [0.25, 0.3) is 0 Å².